The second kappa shape index (κ2) is 8.13. The van der Waals surface area contributed by atoms with Gasteiger partial charge >= 0.3 is 5.91 Å². The molecule has 3 N–H and O–H groups in total. The summed E-state index contributed by atoms with van der Waals surface area (Å²) < 4.78 is 16.3. The third-order valence-corrected chi connectivity index (χ3v) is 5.34. The number of aromatic nitrogens is 3. The van der Waals surface area contributed by atoms with Gasteiger partial charge in [0.05, 0.1) is 33.0 Å². The van der Waals surface area contributed by atoms with E-state index in [2.05, 4.69) is 15.0 Å². The average Bonchev–Trinajstić information content (AvgIpc) is 3.33. The van der Waals surface area contributed by atoms with Gasteiger partial charge in [0.15, 0.2) is 11.5 Å². The van der Waals surface area contributed by atoms with Crippen LogP contribution in [0.25, 0.3) is 11.1 Å². The minimum atomic E-state index is -0.0943. The van der Waals surface area contributed by atoms with Gasteiger partial charge in [-0.15, -0.1) is 0 Å². The van der Waals surface area contributed by atoms with Crippen LogP contribution in [0.1, 0.15) is 10.5 Å². The van der Waals surface area contributed by atoms with Crippen LogP contribution < -0.4 is 19.7 Å². The number of nitrogens with two attached hydrogens (primary N) is 1. The number of benzene rings is 1. The van der Waals surface area contributed by atoms with Crippen molar-refractivity contribution in [2.24, 2.45) is 0 Å². The van der Waals surface area contributed by atoms with E-state index in [9.17, 15) is 4.79 Å². The highest BCUT2D eigenvalue weighted by Gasteiger charge is 2.45. The Kier molecular flexibility index (Phi) is 5.39. The van der Waals surface area contributed by atoms with Crippen molar-refractivity contribution in [2.45, 2.75) is 0 Å². The zero-order valence-electron chi connectivity index (χ0n) is 16.9. The molecular formula is C21H24N5O4+. The maximum absolute atomic E-state index is 13.6. The molecule has 0 aliphatic carbocycles. The number of nitrogens with zero attached hydrogens (tertiary/aromatic N) is 3. The van der Waals surface area contributed by atoms with E-state index < -0.39 is 0 Å². The third-order valence-electron chi connectivity index (χ3n) is 5.34. The lowest BCUT2D eigenvalue weighted by atomic mass is 10.0. The number of nitrogen functional groups attached to an aromatic ring is 1. The lowest BCUT2D eigenvalue weighted by molar-refractivity contribution is 0.0309. The van der Waals surface area contributed by atoms with Gasteiger partial charge in [-0.1, -0.05) is 6.07 Å². The lowest BCUT2D eigenvalue weighted by Crippen LogP contribution is -2.61. The number of anilines is 1. The molecule has 1 aromatic carbocycles. The van der Waals surface area contributed by atoms with E-state index in [0.29, 0.717) is 54.9 Å². The molecule has 1 fully saturated rings. The predicted molar refractivity (Wildman–Crippen MR) is 112 cm³/mol. The van der Waals surface area contributed by atoms with Gasteiger partial charge in [-0.05, 0) is 29.8 Å². The SMILES string of the molecule is COc1ccc(-c2cnc(N)nc2[N+]2(C(=O)c3ccc[nH]3)CCOCC2)cc1OC. The largest absolute Gasteiger partial charge is 0.493 e. The number of hydrogen-bond acceptors (Lipinski definition) is 7. The Morgan fingerprint density at radius 2 is 1.93 bits per heavy atom. The third kappa shape index (κ3) is 3.38. The summed E-state index contributed by atoms with van der Waals surface area (Å²) in [6, 6.07) is 9.10. The fourth-order valence-corrected chi connectivity index (χ4v) is 3.78. The Hall–Kier alpha value is -3.43. The summed E-state index contributed by atoms with van der Waals surface area (Å²) in [5.74, 6) is 1.73. The Morgan fingerprint density at radius 1 is 1.17 bits per heavy atom. The molecule has 9 heteroatoms. The van der Waals surface area contributed by atoms with E-state index in [0.717, 1.165) is 5.56 Å². The lowest BCUT2D eigenvalue weighted by Gasteiger charge is -2.37. The molecule has 1 saturated heterocycles. The Balaban J connectivity index is 1.91. The fourth-order valence-electron chi connectivity index (χ4n) is 3.78. The van der Waals surface area contributed by atoms with Crippen LogP contribution in [0.2, 0.25) is 0 Å². The van der Waals surface area contributed by atoms with E-state index >= 15 is 0 Å². The van der Waals surface area contributed by atoms with Crippen molar-refractivity contribution in [2.75, 3.05) is 46.3 Å². The molecule has 4 rings (SSSR count). The van der Waals surface area contributed by atoms with Crippen LogP contribution >= 0.6 is 0 Å². The van der Waals surface area contributed by atoms with Crippen LogP contribution in [-0.2, 0) is 4.74 Å². The van der Waals surface area contributed by atoms with E-state index in [4.69, 9.17) is 19.9 Å². The predicted octanol–water partition coefficient (Wildman–Crippen LogP) is 2.25. The minimum Gasteiger partial charge on any atom is -0.493 e. The average molecular weight is 410 g/mol. The molecule has 2 aromatic heterocycles. The number of rotatable bonds is 5. The van der Waals surface area contributed by atoms with Gasteiger partial charge < -0.3 is 24.9 Å². The normalized spacial score (nSPS) is 15.5. The minimum absolute atomic E-state index is 0.0170. The summed E-state index contributed by atoms with van der Waals surface area (Å²) in [7, 11) is 3.16. The second-order valence-corrected chi connectivity index (χ2v) is 6.95. The molecule has 0 radical (unpaired) electrons. The molecular weight excluding hydrogens is 386 g/mol. The number of quaternary nitrogens is 1. The number of carbonyl (C=O) groups excluding carboxylic acids is 1. The van der Waals surface area contributed by atoms with Crippen LogP contribution in [0.5, 0.6) is 11.5 Å². The highest BCUT2D eigenvalue weighted by Crippen LogP contribution is 2.39. The molecule has 1 aliphatic heterocycles. The smallest absolute Gasteiger partial charge is 0.368 e. The molecule has 0 saturated carbocycles. The van der Waals surface area contributed by atoms with Crippen molar-refractivity contribution in [1.82, 2.24) is 19.4 Å². The second-order valence-electron chi connectivity index (χ2n) is 6.95. The van der Waals surface area contributed by atoms with Crippen molar-refractivity contribution >= 4 is 17.7 Å². The van der Waals surface area contributed by atoms with Crippen LogP contribution in [-0.4, -0.2) is 61.4 Å². The molecule has 0 unspecified atom stereocenters. The number of aromatic amines is 1. The van der Waals surface area contributed by atoms with Crippen LogP contribution in [0.15, 0.2) is 42.7 Å². The zero-order chi connectivity index (χ0) is 21.1. The Labute approximate surface area is 174 Å². The number of H-pyrrole nitrogens is 1. The van der Waals surface area contributed by atoms with E-state index in [1.165, 1.54) is 0 Å². The maximum atomic E-state index is 13.6. The van der Waals surface area contributed by atoms with E-state index in [1.807, 2.05) is 18.2 Å². The molecule has 1 amide bonds. The fraction of sp³-hybridized carbons (Fsp3) is 0.286. The number of nitrogens with one attached hydrogen (secondary N) is 1. The molecule has 9 nitrogen and oxygen atoms in total. The van der Waals surface area contributed by atoms with Crippen LogP contribution in [0.4, 0.5) is 11.8 Å². The van der Waals surface area contributed by atoms with Gasteiger partial charge in [0.25, 0.3) is 0 Å². The molecule has 156 valence electrons. The van der Waals surface area contributed by atoms with Crippen molar-refractivity contribution < 1.29 is 19.0 Å². The highest BCUT2D eigenvalue weighted by molar-refractivity contribution is 6.02. The number of methoxy groups -OCH3 is 2. The first-order valence-corrected chi connectivity index (χ1v) is 9.57. The number of ether oxygens (including phenoxy) is 3. The van der Waals surface area contributed by atoms with Crippen molar-refractivity contribution in [3.63, 3.8) is 0 Å². The first-order valence-electron chi connectivity index (χ1n) is 9.57. The Bertz CT molecular complexity index is 1050. The molecule has 0 bridgehead atoms. The summed E-state index contributed by atoms with van der Waals surface area (Å²) in [5.41, 5.74) is 7.97. The zero-order valence-corrected chi connectivity index (χ0v) is 16.9. The summed E-state index contributed by atoms with van der Waals surface area (Å²) in [6.07, 6.45) is 3.38. The van der Waals surface area contributed by atoms with Crippen LogP contribution in [0.3, 0.4) is 0 Å². The van der Waals surface area contributed by atoms with Gasteiger partial charge in [0.1, 0.15) is 18.8 Å². The van der Waals surface area contributed by atoms with Gasteiger partial charge in [0, 0.05) is 12.4 Å². The molecule has 1 aliphatic rings. The number of carbonyl (C=O) groups is 1. The summed E-state index contributed by atoms with van der Waals surface area (Å²) in [6.45, 7) is 1.74. The monoisotopic (exact) mass is 410 g/mol. The topological polar surface area (TPSA) is 112 Å². The Morgan fingerprint density at radius 3 is 2.60 bits per heavy atom. The molecule has 0 atom stereocenters. The van der Waals surface area contributed by atoms with Crippen LogP contribution in [0, 0.1) is 0 Å². The first kappa shape index (κ1) is 19.9. The van der Waals surface area contributed by atoms with E-state index in [1.54, 1.807) is 38.7 Å². The van der Waals surface area contributed by atoms with Gasteiger partial charge in [-0.3, -0.25) is 0 Å². The van der Waals surface area contributed by atoms with Crippen molar-refractivity contribution in [3.8, 4) is 22.6 Å². The number of amides is 1. The standard InChI is InChI=1S/C21H23N5O4/c1-28-17-6-5-14(12-18(17)29-2)15-13-24-21(22)25-19(15)26(8-10-30-11-9-26)20(27)16-4-3-7-23-16/h3-7,12-13H,8-11H2,1-2H3,(H2-,22,23,24,25,27)/p+1. The number of hydrogen-bond donors (Lipinski definition) is 2. The molecule has 0 spiro atoms. The van der Waals surface area contributed by atoms with Crippen molar-refractivity contribution in [1.29, 1.82) is 0 Å². The maximum Gasteiger partial charge on any atom is 0.368 e. The quantitative estimate of drug-likeness (QED) is 0.620. The highest BCUT2D eigenvalue weighted by atomic mass is 16.5. The summed E-state index contributed by atoms with van der Waals surface area (Å²) in [5, 5.41) is 0. The summed E-state index contributed by atoms with van der Waals surface area (Å²) in [4.78, 5) is 25.4. The first-order chi connectivity index (χ1) is 14.6. The molecule has 3 heterocycles. The van der Waals surface area contributed by atoms with E-state index in [-0.39, 0.29) is 16.3 Å². The summed E-state index contributed by atoms with van der Waals surface area (Å²) >= 11 is 0. The van der Waals surface area contributed by atoms with Gasteiger partial charge in [0.2, 0.25) is 11.8 Å². The number of morpholine rings is 1. The molecule has 30 heavy (non-hydrogen) atoms. The van der Waals surface area contributed by atoms with Crippen molar-refractivity contribution in [3.05, 3.63) is 48.4 Å². The van der Waals surface area contributed by atoms with Gasteiger partial charge in [-0.25, -0.2) is 14.3 Å². The van der Waals surface area contributed by atoms with Gasteiger partial charge in [-0.2, -0.15) is 4.98 Å². The molecule has 3 aromatic rings.